The highest BCUT2D eigenvalue weighted by molar-refractivity contribution is 7.87. The van der Waals surface area contributed by atoms with Gasteiger partial charge in [-0.3, -0.25) is 0 Å². The number of halogens is 2. The van der Waals surface area contributed by atoms with E-state index in [4.69, 9.17) is 14.2 Å². The normalized spacial score (nSPS) is 17.4. The Labute approximate surface area is 148 Å². The molecule has 4 unspecified atom stereocenters. The predicted molar refractivity (Wildman–Crippen MR) is 88.7 cm³/mol. The zero-order chi connectivity index (χ0) is 20.0. The van der Waals surface area contributed by atoms with E-state index in [0.717, 1.165) is 13.8 Å². The summed E-state index contributed by atoms with van der Waals surface area (Å²) >= 11 is 0. The first-order chi connectivity index (χ1) is 11.1. The van der Waals surface area contributed by atoms with Gasteiger partial charge in [-0.1, -0.05) is 13.2 Å². The van der Waals surface area contributed by atoms with Crippen molar-refractivity contribution in [2.75, 3.05) is 0 Å². The van der Waals surface area contributed by atoms with Crippen LogP contribution in [0.15, 0.2) is 24.7 Å². The standard InChI is InChI=1S/C14H24F2O7S2/c1-9(7-11(3)22-13(5)24(15,17)18)21-10(2)8-12(4)23-14(6)25(16,19)20/h11-14H,1-2,7-8H2,3-6H3. The van der Waals surface area contributed by atoms with Crippen LogP contribution in [-0.4, -0.2) is 39.9 Å². The van der Waals surface area contributed by atoms with E-state index in [1.54, 1.807) is 0 Å². The Balaban J connectivity index is 4.36. The molecule has 148 valence electrons. The second kappa shape index (κ2) is 9.60. The van der Waals surface area contributed by atoms with Crippen LogP contribution in [0.4, 0.5) is 7.77 Å². The van der Waals surface area contributed by atoms with Crippen molar-refractivity contribution in [2.45, 2.75) is 63.6 Å². The van der Waals surface area contributed by atoms with Gasteiger partial charge in [-0.25, -0.2) is 0 Å². The molecule has 0 rings (SSSR count). The lowest BCUT2D eigenvalue weighted by molar-refractivity contribution is 0.0323. The van der Waals surface area contributed by atoms with Gasteiger partial charge in [0.05, 0.1) is 23.7 Å². The predicted octanol–water partition coefficient (Wildman–Crippen LogP) is 2.91. The summed E-state index contributed by atoms with van der Waals surface area (Å²) in [5, 5.41) is 0. The average molecular weight is 406 g/mol. The zero-order valence-corrected chi connectivity index (χ0v) is 16.2. The van der Waals surface area contributed by atoms with Crippen molar-refractivity contribution in [3.8, 4) is 0 Å². The van der Waals surface area contributed by atoms with Crippen LogP contribution in [0.3, 0.4) is 0 Å². The molecule has 0 fully saturated rings. The summed E-state index contributed by atoms with van der Waals surface area (Å²) in [7, 11) is -9.61. The molecular formula is C14H24F2O7S2. The first-order valence-corrected chi connectivity index (χ1v) is 10.2. The van der Waals surface area contributed by atoms with Crippen molar-refractivity contribution in [2.24, 2.45) is 0 Å². The van der Waals surface area contributed by atoms with E-state index < -0.39 is 43.5 Å². The van der Waals surface area contributed by atoms with E-state index in [9.17, 15) is 24.6 Å². The van der Waals surface area contributed by atoms with Crippen molar-refractivity contribution in [3.05, 3.63) is 24.7 Å². The summed E-state index contributed by atoms with van der Waals surface area (Å²) in [6.45, 7) is 12.4. The van der Waals surface area contributed by atoms with Crippen molar-refractivity contribution < 1.29 is 38.8 Å². The van der Waals surface area contributed by atoms with Crippen molar-refractivity contribution in [3.63, 3.8) is 0 Å². The molecule has 0 aliphatic carbocycles. The van der Waals surface area contributed by atoms with Crippen molar-refractivity contribution >= 4 is 20.4 Å². The summed E-state index contributed by atoms with van der Waals surface area (Å²) in [5.74, 6) is 0.360. The third kappa shape index (κ3) is 10.5. The third-order valence-corrected chi connectivity index (χ3v) is 4.77. The summed E-state index contributed by atoms with van der Waals surface area (Å²) in [4.78, 5) is 0. The fourth-order valence-electron chi connectivity index (χ4n) is 1.81. The zero-order valence-electron chi connectivity index (χ0n) is 14.6. The smallest absolute Gasteiger partial charge is 0.329 e. The molecule has 0 bridgehead atoms. The molecule has 0 aromatic heterocycles. The van der Waals surface area contributed by atoms with Crippen LogP contribution < -0.4 is 0 Å². The van der Waals surface area contributed by atoms with E-state index in [2.05, 4.69) is 13.2 Å². The van der Waals surface area contributed by atoms with Gasteiger partial charge in [-0.05, 0) is 27.7 Å². The van der Waals surface area contributed by atoms with Gasteiger partial charge in [0, 0.05) is 12.8 Å². The summed E-state index contributed by atoms with van der Waals surface area (Å²) < 4.78 is 83.3. The fraction of sp³-hybridized carbons (Fsp3) is 0.714. The molecule has 25 heavy (non-hydrogen) atoms. The van der Waals surface area contributed by atoms with Gasteiger partial charge in [0.15, 0.2) is 10.9 Å². The first kappa shape index (κ1) is 24.0. The molecule has 0 aromatic carbocycles. The highest BCUT2D eigenvalue weighted by Crippen LogP contribution is 2.19. The molecule has 0 amide bonds. The number of hydrogen-bond donors (Lipinski definition) is 0. The Morgan fingerprint density at radius 3 is 1.32 bits per heavy atom. The van der Waals surface area contributed by atoms with Crippen LogP contribution in [0, 0.1) is 0 Å². The topological polar surface area (TPSA) is 96.0 Å². The largest absolute Gasteiger partial charge is 0.467 e. The molecule has 0 aliphatic rings. The van der Waals surface area contributed by atoms with Crippen molar-refractivity contribution in [1.29, 1.82) is 0 Å². The fourth-order valence-corrected chi connectivity index (χ4v) is 2.46. The maximum absolute atomic E-state index is 12.7. The lowest BCUT2D eigenvalue weighted by Gasteiger charge is -2.20. The molecule has 0 saturated heterocycles. The Hall–Kier alpha value is -1.04. The Morgan fingerprint density at radius 1 is 0.800 bits per heavy atom. The molecular weight excluding hydrogens is 382 g/mol. The summed E-state index contributed by atoms with van der Waals surface area (Å²) in [6, 6.07) is 0. The van der Waals surface area contributed by atoms with E-state index >= 15 is 0 Å². The van der Waals surface area contributed by atoms with E-state index in [1.165, 1.54) is 13.8 Å². The molecule has 0 aliphatic heterocycles. The Morgan fingerprint density at radius 2 is 1.08 bits per heavy atom. The number of hydrogen-bond acceptors (Lipinski definition) is 7. The van der Waals surface area contributed by atoms with Crippen LogP contribution in [-0.2, 0) is 34.7 Å². The third-order valence-electron chi connectivity index (χ3n) is 2.96. The molecule has 0 N–H and O–H groups in total. The van der Waals surface area contributed by atoms with Gasteiger partial charge in [-0.15, -0.1) is 7.77 Å². The van der Waals surface area contributed by atoms with Crippen LogP contribution in [0.5, 0.6) is 0 Å². The van der Waals surface area contributed by atoms with E-state index in [0.29, 0.717) is 0 Å². The summed E-state index contributed by atoms with van der Waals surface area (Å²) in [6.07, 6.45) is -1.23. The van der Waals surface area contributed by atoms with E-state index in [-0.39, 0.29) is 24.4 Å². The van der Waals surface area contributed by atoms with Crippen LogP contribution in [0.1, 0.15) is 40.5 Å². The van der Waals surface area contributed by atoms with Crippen LogP contribution in [0.2, 0.25) is 0 Å². The molecule has 0 radical (unpaired) electrons. The Bertz CT molecular complexity index is 615. The molecule has 0 spiro atoms. The van der Waals surface area contributed by atoms with Crippen LogP contribution >= 0.6 is 0 Å². The average Bonchev–Trinajstić information content (AvgIpc) is 2.34. The Kier molecular flexibility index (Phi) is 9.20. The lowest BCUT2D eigenvalue weighted by atomic mass is 10.2. The molecule has 11 heteroatoms. The highest BCUT2D eigenvalue weighted by atomic mass is 32.3. The molecule has 4 atom stereocenters. The van der Waals surface area contributed by atoms with Gasteiger partial charge < -0.3 is 14.2 Å². The maximum Gasteiger partial charge on any atom is 0.329 e. The minimum Gasteiger partial charge on any atom is -0.467 e. The quantitative estimate of drug-likeness (QED) is 0.363. The minimum absolute atomic E-state index is 0.0728. The van der Waals surface area contributed by atoms with Gasteiger partial charge in [0.1, 0.15) is 0 Å². The molecule has 0 saturated carbocycles. The maximum atomic E-state index is 12.7. The number of rotatable bonds is 12. The van der Waals surface area contributed by atoms with Gasteiger partial charge in [-0.2, -0.15) is 16.8 Å². The summed E-state index contributed by atoms with van der Waals surface area (Å²) in [5.41, 5.74) is -3.23. The number of ether oxygens (including phenoxy) is 3. The minimum atomic E-state index is -4.80. The van der Waals surface area contributed by atoms with Gasteiger partial charge in [0.2, 0.25) is 0 Å². The van der Waals surface area contributed by atoms with Gasteiger partial charge in [0.25, 0.3) is 0 Å². The highest BCUT2D eigenvalue weighted by Gasteiger charge is 2.24. The second-order valence-electron chi connectivity index (χ2n) is 5.57. The van der Waals surface area contributed by atoms with Crippen molar-refractivity contribution in [1.82, 2.24) is 0 Å². The first-order valence-electron chi connectivity index (χ1n) is 7.34. The van der Waals surface area contributed by atoms with E-state index in [1.807, 2.05) is 0 Å². The van der Waals surface area contributed by atoms with Gasteiger partial charge >= 0.3 is 20.4 Å². The molecule has 0 heterocycles. The molecule has 0 aromatic rings. The lowest BCUT2D eigenvalue weighted by Crippen LogP contribution is -2.24. The molecule has 7 nitrogen and oxygen atoms in total. The monoisotopic (exact) mass is 406 g/mol. The van der Waals surface area contributed by atoms with Crippen LogP contribution in [0.25, 0.3) is 0 Å². The SMILES string of the molecule is C=C(CC(C)OC(C)S(=O)(=O)F)OC(=C)CC(C)OC(C)S(=O)(=O)F. The second-order valence-corrected chi connectivity index (χ2v) is 8.80.